The molecule has 2 fully saturated rings. The van der Waals surface area contributed by atoms with Crippen molar-refractivity contribution < 1.29 is 18.3 Å². The van der Waals surface area contributed by atoms with Crippen LogP contribution < -0.4 is 9.80 Å². The Balaban J connectivity index is 1.17. The van der Waals surface area contributed by atoms with Gasteiger partial charge >= 0.3 is 0 Å². The van der Waals surface area contributed by atoms with Crippen LogP contribution in [0.1, 0.15) is 0 Å². The molecule has 0 unspecified atom stereocenters. The van der Waals surface area contributed by atoms with Gasteiger partial charge in [0, 0.05) is 65.2 Å². The average Bonchev–Trinajstić information content (AvgIpc) is 3.53. The lowest BCUT2D eigenvalue weighted by atomic mass is 10.0. The van der Waals surface area contributed by atoms with Gasteiger partial charge in [-0.25, -0.2) is 0 Å². The van der Waals surface area contributed by atoms with Gasteiger partial charge in [0.05, 0.1) is 26.4 Å². The molecule has 40 heavy (non-hydrogen) atoms. The summed E-state index contributed by atoms with van der Waals surface area (Å²) in [6, 6.07) is 26.6. The van der Waals surface area contributed by atoms with Gasteiger partial charge in [0.2, 0.25) is 0 Å². The maximum absolute atomic E-state index is 6.40. The Labute approximate surface area is 230 Å². The van der Waals surface area contributed by atoms with E-state index in [9.17, 15) is 0 Å². The van der Waals surface area contributed by atoms with Gasteiger partial charge in [0.1, 0.15) is 22.3 Å². The highest BCUT2D eigenvalue weighted by Crippen LogP contribution is 2.40. The Hall–Kier alpha value is -4.26. The third-order valence-electron chi connectivity index (χ3n) is 8.70. The quantitative estimate of drug-likeness (QED) is 0.232. The molecule has 0 aliphatic carbocycles. The second-order valence-corrected chi connectivity index (χ2v) is 11.0. The van der Waals surface area contributed by atoms with Crippen molar-refractivity contribution in [3.05, 3.63) is 72.8 Å². The summed E-state index contributed by atoms with van der Waals surface area (Å²) < 4.78 is 23.9. The maximum atomic E-state index is 6.40. The van der Waals surface area contributed by atoms with Crippen LogP contribution in [0.15, 0.2) is 81.6 Å². The standard InChI is InChI=1S/C34H28N2O4/c1-3-25(35-5-9-37-10-6-35)13-23-17-31-27(15-21(1)23)29-19-30-28-16-22-2-4-26(36-7-11-38-12-8-36)14-24(22)18-32(28)40-34(30)20-33(29)39-31/h1-4,13-20H,5-12H2. The summed E-state index contributed by atoms with van der Waals surface area (Å²) in [4.78, 5) is 4.77. The highest BCUT2D eigenvalue weighted by atomic mass is 16.5. The molecular formula is C34H28N2O4. The number of ether oxygens (including phenoxy) is 2. The predicted molar refractivity (Wildman–Crippen MR) is 162 cm³/mol. The minimum Gasteiger partial charge on any atom is -0.456 e. The zero-order chi connectivity index (χ0) is 26.2. The first kappa shape index (κ1) is 22.5. The molecule has 9 rings (SSSR count). The zero-order valence-corrected chi connectivity index (χ0v) is 22.1. The van der Waals surface area contributed by atoms with E-state index in [2.05, 4.69) is 82.6 Å². The van der Waals surface area contributed by atoms with E-state index in [4.69, 9.17) is 18.3 Å². The Morgan fingerprint density at radius 3 is 1.30 bits per heavy atom. The molecule has 0 saturated carbocycles. The Morgan fingerprint density at radius 1 is 0.400 bits per heavy atom. The number of hydrogen-bond donors (Lipinski definition) is 0. The molecule has 0 radical (unpaired) electrons. The third kappa shape index (κ3) is 3.49. The summed E-state index contributed by atoms with van der Waals surface area (Å²) in [6.07, 6.45) is 0. The number of benzene rings is 5. The van der Waals surface area contributed by atoms with Crippen LogP contribution in [0.5, 0.6) is 0 Å². The molecule has 7 aromatic rings. The lowest BCUT2D eigenvalue weighted by molar-refractivity contribution is 0.122. The van der Waals surface area contributed by atoms with E-state index >= 15 is 0 Å². The second-order valence-electron chi connectivity index (χ2n) is 11.0. The van der Waals surface area contributed by atoms with Gasteiger partial charge in [-0.05, 0) is 76.1 Å². The van der Waals surface area contributed by atoms with Gasteiger partial charge in [-0.1, -0.05) is 12.1 Å². The zero-order valence-electron chi connectivity index (χ0n) is 22.1. The number of hydrogen-bond acceptors (Lipinski definition) is 6. The summed E-state index contributed by atoms with van der Waals surface area (Å²) in [5.41, 5.74) is 5.98. The SMILES string of the molecule is c1cc2cc3c(cc2cc1N1CCOCC1)oc1cc2oc4cc5cc(N6CCOCC6)ccc5cc4c2cc13. The van der Waals surface area contributed by atoms with Crippen molar-refractivity contribution in [2.24, 2.45) is 0 Å². The van der Waals surface area contributed by atoms with E-state index in [1.807, 2.05) is 0 Å². The van der Waals surface area contributed by atoms with Gasteiger partial charge in [-0.2, -0.15) is 0 Å². The van der Waals surface area contributed by atoms with Gasteiger partial charge in [-0.15, -0.1) is 0 Å². The number of nitrogens with zero attached hydrogens (tertiary/aromatic N) is 2. The molecule has 198 valence electrons. The molecule has 6 nitrogen and oxygen atoms in total. The molecule has 0 spiro atoms. The van der Waals surface area contributed by atoms with Gasteiger partial charge in [0.25, 0.3) is 0 Å². The molecule has 4 heterocycles. The summed E-state index contributed by atoms with van der Waals surface area (Å²) in [7, 11) is 0. The molecule has 0 atom stereocenters. The van der Waals surface area contributed by atoms with Crippen LogP contribution in [0.2, 0.25) is 0 Å². The van der Waals surface area contributed by atoms with Crippen LogP contribution in [-0.2, 0) is 9.47 Å². The average molecular weight is 529 g/mol. The molecule has 2 aliphatic rings. The summed E-state index contributed by atoms with van der Waals surface area (Å²) in [5.74, 6) is 0. The molecule has 0 amide bonds. The topological polar surface area (TPSA) is 51.2 Å². The minimum atomic E-state index is 0.780. The van der Waals surface area contributed by atoms with E-state index in [0.29, 0.717) is 0 Å². The Morgan fingerprint density at radius 2 is 0.825 bits per heavy atom. The molecule has 0 N–H and O–H groups in total. The van der Waals surface area contributed by atoms with Crippen LogP contribution >= 0.6 is 0 Å². The summed E-state index contributed by atoms with van der Waals surface area (Å²) >= 11 is 0. The molecule has 6 heteroatoms. The fraction of sp³-hybridized carbons (Fsp3) is 0.235. The molecule has 2 saturated heterocycles. The van der Waals surface area contributed by atoms with Crippen molar-refractivity contribution in [1.29, 1.82) is 0 Å². The lowest BCUT2D eigenvalue weighted by Gasteiger charge is -2.29. The normalized spacial score (nSPS) is 16.9. The van der Waals surface area contributed by atoms with Crippen LogP contribution in [0, 0.1) is 0 Å². The Bertz CT molecular complexity index is 1950. The number of morpholine rings is 2. The minimum absolute atomic E-state index is 0.780. The van der Waals surface area contributed by atoms with Gasteiger partial charge in [-0.3, -0.25) is 0 Å². The number of fused-ring (bicyclic) bond motifs is 8. The van der Waals surface area contributed by atoms with Crippen molar-refractivity contribution in [2.75, 3.05) is 62.4 Å². The van der Waals surface area contributed by atoms with Crippen molar-refractivity contribution in [1.82, 2.24) is 0 Å². The fourth-order valence-corrected chi connectivity index (χ4v) is 6.54. The smallest absolute Gasteiger partial charge is 0.139 e. The third-order valence-corrected chi connectivity index (χ3v) is 8.70. The van der Waals surface area contributed by atoms with Gasteiger partial charge in [0.15, 0.2) is 0 Å². The lowest BCUT2D eigenvalue weighted by Crippen LogP contribution is -2.36. The molecule has 2 aromatic heterocycles. The molecule has 0 bridgehead atoms. The van der Waals surface area contributed by atoms with E-state index in [0.717, 1.165) is 96.5 Å². The van der Waals surface area contributed by atoms with Crippen molar-refractivity contribution in [3.63, 3.8) is 0 Å². The van der Waals surface area contributed by atoms with Crippen LogP contribution in [0.3, 0.4) is 0 Å². The number of rotatable bonds is 2. The second kappa shape index (κ2) is 8.62. The maximum Gasteiger partial charge on any atom is 0.139 e. The molecular weight excluding hydrogens is 500 g/mol. The van der Waals surface area contributed by atoms with E-state index in [-0.39, 0.29) is 0 Å². The first-order valence-corrected chi connectivity index (χ1v) is 14.1. The molecule has 2 aliphatic heterocycles. The van der Waals surface area contributed by atoms with E-state index in [1.54, 1.807) is 0 Å². The molecule has 5 aromatic carbocycles. The van der Waals surface area contributed by atoms with Crippen LogP contribution in [0.4, 0.5) is 11.4 Å². The number of furan rings is 2. The monoisotopic (exact) mass is 528 g/mol. The Kier molecular flexibility index (Phi) is 4.86. The highest BCUT2D eigenvalue weighted by molar-refractivity contribution is 6.18. The number of anilines is 2. The van der Waals surface area contributed by atoms with Crippen molar-refractivity contribution in [2.45, 2.75) is 0 Å². The predicted octanol–water partition coefficient (Wildman–Crippen LogP) is 7.47. The van der Waals surface area contributed by atoms with Crippen molar-refractivity contribution in [3.8, 4) is 0 Å². The highest BCUT2D eigenvalue weighted by Gasteiger charge is 2.17. The fourth-order valence-electron chi connectivity index (χ4n) is 6.54. The first-order chi connectivity index (χ1) is 19.8. The van der Waals surface area contributed by atoms with Crippen molar-refractivity contribution >= 4 is 76.8 Å². The summed E-state index contributed by atoms with van der Waals surface area (Å²) in [5, 5.41) is 9.31. The summed E-state index contributed by atoms with van der Waals surface area (Å²) in [6.45, 7) is 6.82. The van der Waals surface area contributed by atoms with Crippen LogP contribution in [-0.4, -0.2) is 52.6 Å². The van der Waals surface area contributed by atoms with E-state index < -0.39 is 0 Å². The largest absolute Gasteiger partial charge is 0.456 e. The van der Waals surface area contributed by atoms with Gasteiger partial charge < -0.3 is 28.1 Å². The van der Waals surface area contributed by atoms with Crippen LogP contribution in [0.25, 0.3) is 65.4 Å². The first-order valence-electron chi connectivity index (χ1n) is 14.1. The van der Waals surface area contributed by atoms with E-state index in [1.165, 1.54) is 32.9 Å².